The van der Waals surface area contributed by atoms with Gasteiger partial charge in [-0.2, -0.15) is 4.31 Å². The zero-order valence-electron chi connectivity index (χ0n) is 17.7. The first-order valence-electron chi connectivity index (χ1n) is 9.40. The zero-order chi connectivity index (χ0) is 22.5. The quantitative estimate of drug-likeness (QED) is 0.651. The minimum atomic E-state index is -3.83. The lowest BCUT2D eigenvalue weighted by Crippen LogP contribution is -2.46. The Morgan fingerprint density at radius 1 is 1.00 bits per heavy atom. The van der Waals surface area contributed by atoms with E-state index >= 15 is 0 Å². The summed E-state index contributed by atoms with van der Waals surface area (Å²) in [6, 6.07) is 11.2. The van der Waals surface area contributed by atoms with E-state index in [2.05, 4.69) is 10.9 Å². The van der Waals surface area contributed by atoms with Crippen LogP contribution < -0.4 is 15.6 Å². The molecule has 2 aromatic carbocycles. The summed E-state index contributed by atoms with van der Waals surface area (Å²) >= 11 is 0. The maximum atomic E-state index is 12.6. The van der Waals surface area contributed by atoms with Crippen LogP contribution in [0.4, 0.5) is 0 Å². The largest absolute Gasteiger partial charge is 0.491 e. The van der Waals surface area contributed by atoms with Gasteiger partial charge in [-0.25, -0.2) is 8.42 Å². The van der Waals surface area contributed by atoms with Gasteiger partial charge in [-0.05, 0) is 75.2 Å². The van der Waals surface area contributed by atoms with Crippen molar-refractivity contribution in [3.05, 3.63) is 59.2 Å². The molecule has 0 saturated heterocycles. The summed E-state index contributed by atoms with van der Waals surface area (Å²) in [6.45, 7) is 7.05. The van der Waals surface area contributed by atoms with E-state index in [9.17, 15) is 18.0 Å². The number of likely N-dealkylation sites (N-methyl/N-ethyl adjacent to an activating group) is 1. The number of rotatable bonds is 7. The van der Waals surface area contributed by atoms with Crippen molar-refractivity contribution < 1.29 is 22.7 Å². The Balaban J connectivity index is 1.93. The molecule has 0 aliphatic carbocycles. The van der Waals surface area contributed by atoms with Gasteiger partial charge in [-0.15, -0.1) is 0 Å². The number of sulfonamides is 1. The van der Waals surface area contributed by atoms with Gasteiger partial charge < -0.3 is 4.74 Å². The van der Waals surface area contributed by atoms with Crippen LogP contribution in [0.3, 0.4) is 0 Å². The topological polar surface area (TPSA) is 105 Å². The van der Waals surface area contributed by atoms with Gasteiger partial charge in [-0.1, -0.05) is 6.07 Å². The smallest absolute Gasteiger partial charge is 0.269 e. The average Bonchev–Trinajstić information content (AvgIpc) is 2.68. The predicted molar refractivity (Wildman–Crippen MR) is 114 cm³/mol. The van der Waals surface area contributed by atoms with Gasteiger partial charge in [-0.3, -0.25) is 20.4 Å². The molecule has 2 N–H and O–H groups in total. The van der Waals surface area contributed by atoms with Crippen LogP contribution in [0.5, 0.6) is 5.75 Å². The number of benzene rings is 2. The Morgan fingerprint density at radius 2 is 1.63 bits per heavy atom. The van der Waals surface area contributed by atoms with Crippen molar-refractivity contribution in [3.8, 4) is 5.75 Å². The molecule has 0 spiro atoms. The maximum absolute atomic E-state index is 12.6. The van der Waals surface area contributed by atoms with Crippen LogP contribution in [0.1, 0.15) is 35.3 Å². The van der Waals surface area contributed by atoms with Gasteiger partial charge in [0.05, 0.1) is 17.5 Å². The van der Waals surface area contributed by atoms with Crippen LogP contribution in [-0.2, 0) is 14.8 Å². The van der Waals surface area contributed by atoms with Gasteiger partial charge in [0.15, 0.2) is 0 Å². The lowest BCUT2D eigenvalue weighted by Gasteiger charge is -2.18. The van der Waals surface area contributed by atoms with Crippen LogP contribution in [0.2, 0.25) is 0 Å². The summed E-state index contributed by atoms with van der Waals surface area (Å²) in [6.07, 6.45) is 0.0149. The number of aryl methyl sites for hydroxylation is 2. The number of ether oxygens (including phenoxy) is 1. The highest BCUT2D eigenvalue weighted by molar-refractivity contribution is 7.89. The molecule has 0 bridgehead atoms. The van der Waals surface area contributed by atoms with E-state index in [0.717, 1.165) is 15.4 Å². The van der Waals surface area contributed by atoms with Crippen molar-refractivity contribution in [3.63, 3.8) is 0 Å². The number of hydrazine groups is 1. The summed E-state index contributed by atoms with van der Waals surface area (Å²) in [7, 11) is -2.53. The van der Waals surface area contributed by atoms with Crippen LogP contribution in [0.25, 0.3) is 0 Å². The average molecular weight is 434 g/mol. The lowest BCUT2D eigenvalue weighted by atomic mass is 10.1. The lowest BCUT2D eigenvalue weighted by molar-refractivity contribution is -0.121. The molecule has 0 radical (unpaired) electrons. The van der Waals surface area contributed by atoms with Crippen molar-refractivity contribution >= 4 is 21.8 Å². The summed E-state index contributed by atoms with van der Waals surface area (Å²) in [5.74, 6) is -0.569. The first-order chi connectivity index (χ1) is 14.0. The first kappa shape index (κ1) is 23.4. The minimum absolute atomic E-state index is 0.0149. The predicted octanol–water partition coefficient (Wildman–Crippen LogP) is 2.17. The third kappa shape index (κ3) is 6.04. The van der Waals surface area contributed by atoms with Gasteiger partial charge in [0, 0.05) is 12.6 Å². The van der Waals surface area contributed by atoms with E-state index in [4.69, 9.17) is 4.74 Å². The van der Waals surface area contributed by atoms with Crippen molar-refractivity contribution in [2.75, 3.05) is 13.6 Å². The number of carbonyl (C=O) groups is 2. The van der Waals surface area contributed by atoms with E-state index in [1.807, 2.05) is 27.7 Å². The second kappa shape index (κ2) is 9.73. The minimum Gasteiger partial charge on any atom is -0.491 e. The Morgan fingerprint density at radius 3 is 2.20 bits per heavy atom. The fourth-order valence-electron chi connectivity index (χ4n) is 2.54. The molecule has 0 aliphatic heterocycles. The van der Waals surface area contributed by atoms with Gasteiger partial charge in [0.2, 0.25) is 10.0 Å². The molecule has 8 nitrogen and oxygen atoms in total. The van der Waals surface area contributed by atoms with Crippen molar-refractivity contribution in [1.29, 1.82) is 0 Å². The molecule has 9 heteroatoms. The number of nitrogens with zero attached hydrogens (tertiary/aromatic N) is 1. The maximum Gasteiger partial charge on any atom is 0.269 e. The zero-order valence-corrected chi connectivity index (χ0v) is 18.5. The highest BCUT2D eigenvalue weighted by atomic mass is 32.2. The molecule has 2 rings (SSSR count). The fourth-order valence-corrected chi connectivity index (χ4v) is 3.75. The molecule has 2 amide bonds. The van der Waals surface area contributed by atoms with Crippen molar-refractivity contribution in [2.24, 2.45) is 0 Å². The number of nitrogens with one attached hydrogen (secondary N) is 2. The molecule has 162 valence electrons. The highest BCUT2D eigenvalue weighted by Crippen LogP contribution is 2.18. The summed E-state index contributed by atoms with van der Waals surface area (Å²) in [5, 5.41) is 0. The first-order valence-corrected chi connectivity index (χ1v) is 10.8. The molecule has 30 heavy (non-hydrogen) atoms. The van der Waals surface area contributed by atoms with Gasteiger partial charge >= 0.3 is 0 Å². The molecule has 0 unspecified atom stereocenters. The van der Waals surface area contributed by atoms with Gasteiger partial charge in [0.1, 0.15) is 5.75 Å². The monoisotopic (exact) mass is 433 g/mol. The second-order valence-corrected chi connectivity index (χ2v) is 9.25. The normalized spacial score (nSPS) is 11.4. The summed E-state index contributed by atoms with van der Waals surface area (Å²) in [4.78, 5) is 24.4. The number of hydrogen-bond acceptors (Lipinski definition) is 5. The van der Waals surface area contributed by atoms with E-state index in [1.54, 1.807) is 36.4 Å². The molecule has 0 aromatic heterocycles. The summed E-state index contributed by atoms with van der Waals surface area (Å²) in [5.41, 5.74) is 6.63. The van der Waals surface area contributed by atoms with Crippen LogP contribution in [-0.4, -0.2) is 44.2 Å². The molecule has 2 aromatic rings. The standard InChI is InChI=1S/C21H27N3O5S/c1-14(2)29-18-9-7-17(8-10-18)21(26)23-22-20(25)13-24(5)30(27,28)19-11-6-15(3)16(4)12-19/h6-12,14H,13H2,1-5H3,(H,22,25)(H,23,26). The molecule has 0 atom stereocenters. The third-order valence-electron chi connectivity index (χ3n) is 4.36. The van der Waals surface area contributed by atoms with E-state index in [1.165, 1.54) is 13.1 Å². The van der Waals surface area contributed by atoms with E-state index in [-0.39, 0.29) is 11.0 Å². The van der Waals surface area contributed by atoms with Crippen molar-refractivity contribution in [1.82, 2.24) is 15.2 Å². The molecular weight excluding hydrogens is 406 g/mol. The SMILES string of the molecule is Cc1ccc(S(=O)(=O)N(C)CC(=O)NNC(=O)c2ccc(OC(C)C)cc2)cc1C. The number of amides is 2. The third-order valence-corrected chi connectivity index (χ3v) is 6.16. The number of carbonyl (C=O) groups excluding carboxylic acids is 2. The fraction of sp³-hybridized carbons (Fsp3) is 0.333. The van der Waals surface area contributed by atoms with Crippen LogP contribution in [0, 0.1) is 13.8 Å². The van der Waals surface area contributed by atoms with E-state index in [0.29, 0.717) is 11.3 Å². The Bertz CT molecular complexity index is 1020. The van der Waals surface area contributed by atoms with Crippen molar-refractivity contribution in [2.45, 2.75) is 38.7 Å². The molecule has 0 heterocycles. The Labute approximate surface area is 177 Å². The molecule has 0 fully saturated rings. The highest BCUT2D eigenvalue weighted by Gasteiger charge is 2.23. The molecule has 0 aliphatic rings. The van der Waals surface area contributed by atoms with Crippen LogP contribution in [0.15, 0.2) is 47.4 Å². The van der Waals surface area contributed by atoms with Gasteiger partial charge in [0.25, 0.3) is 11.8 Å². The Hall–Kier alpha value is -2.91. The Kier molecular flexibility index (Phi) is 7.58. The van der Waals surface area contributed by atoms with E-state index < -0.39 is 28.4 Å². The molecule has 0 saturated carbocycles. The summed E-state index contributed by atoms with van der Waals surface area (Å²) < 4.78 is 31.7. The van der Waals surface area contributed by atoms with Crippen LogP contribution >= 0.6 is 0 Å². The number of hydrogen-bond donors (Lipinski definition) is 2. The second-order valence-electron chi connectivity index (χ2n) is 7.20. The molecular formula is C21H27N3O5S.